The second-order valence-electron chi connectivity index (χ2n) is 17.0. The van der Waals surface area contributed by atoms with Crippen LogP contribution < -0.4 is 42.2 Å². The fourth-order valence-corrected chi connectivity index (χ4v) is 8.87. The molecule has 29 nitrogen and oxygen atoms in total. The van der Waals surface area contributed by atoms with Crippen molar-refractivity contribution in [2.45, 2.75) is 6.54 Å². The number of aldehydes is 1. The van der Waals surface area contributed by atoms with Crippen molar-refractivity contribution in [3.05, 3.63) is 150 Å². The Bertz CT molecular complexity index is 3750. The van der Waals surface area contributed by atoms with Crippen molar-refractivity contribution in [2.75, 3.05) is 87.7 Å². The molecule has 9 N–H and O–H groups in total. The fraction of sp³-hybridized carbons (Fsp3) is 0.240. The molecule has 2 aliphatic rings. The van der Waals surface area contributed by atoms with Gasteiger partial charge < -0.3 is 34.5 Å². The third-order valence-electron chi connectivity index (χ3n) is 12.1. The van der Waals surface area contributed by atoms with Crippen LogP contribution in [0.1, 0.15) is 10.4 Å². The molecule has 7 aromatic heterocycles. The Morgan fingerprint density at radius 1 is 0.667 bits per heavy atom. The van der Waals surface area contributed by atoms with E-state index in [2.05, 4.69) is 92.4 Å². The molecule has 0 unspecified atom stereocenters. The van der Waals surface area contributed by atoms with Crippen LogP contribution in [-0.2, 0) is 16.1 Å². The lowest BCUT2D eigenvalue weighted by Gasteiger charge is -2.36. The van der Waals surface area contributed by atoms with Crippen LogP contribution in [0.4, 0.5) is 28.8 Å². The number of rotatable bonds is 11. The molecular formula is C50H53Cl5N24O5. The predicted molar refractivity (Wildman–Crippen MR) is 323 cm³/mol. The van der Waals surface area contributed by atoms with Gasteiger partial charge in [0.15, 0.2) is 23.2 Å². The summed E-state index contributed by atoms with van der Waals surface area (Å²) in [5.74, 6) is 15.7. The SMILES string of the molecule is COc1cc(N2CCN(C(=O)CCl)CC2)ccc1Cl.COc1cc(N2CCN(C(=O)Cn3ncc4ccc(N=[N+]=[N-])nc43)CC2)ccc1Cl.NN.NNc1ccc2cn[nH]c2n1.O=Cc1ccc(Cl)nc1Cl.[N-]=[N+]=Nc1ccc2cn[nH]c2n1. The summed E-state index contributed by atoms with van der Waals surface area (Å²) >= 11 is 28.6. The van der Waals surface area contributed by atoms with Crippen LogP contribution in [0.3, 0.4) is 0 Å². The van der Waals surface area contributed by atoms with E-state index in [1.807, 2.05) is 47.4 Å². The van der Waals surface area contributed by atoms with E-state index in [0.717, 1.165) is 46.3 Å². The van der Waals surface area contributed by atoms with Crippen molar-refractivity contribution < 1.29 is 23.9 Å². The molecule has 0 radical (unpaired) electrons. The standard InChI is InChI=1S/C19H19ClN8O2.C13H16Cl2N2O2.C6H3Cl2NO.C6H4N6.C6H7N5.H4N2/c1-30-16-10-14(3-4-15(16)20)26-6-8-27(9-7-26)18(29)12-28-19-13(11-22-28)2-5-17(23-19)24-25-21;1-19-12-8-10(2-3-11(12)15)16-4-6-17(7-5-16)13(18)9-14;7-5-2-1-4(3-10)6(8)9-5;7-12-10-5-2-1-4-3-8-11-6(4)9-5;7-10-5-2-1-4-3-8-11-6(4)9-5;1-2/h2-5,10-11H,6-9,12H2,1H3;2-3,8H,4-7,9H2,1H3;1-3H;1-3H,(H,8,9,11);1-3H,7H2,(H2,8,9,10,11);1-2H2. The molecule has 2 saturated heterocycles. The van der Waals surface area contributed by atoms with Crippen molar-refractivity contribution in [1.82, 2.24) is 59.9 Å². The number of azide groups is 2. The van der Waals surface area contributed by atoms with Crippen molar-refractivity contribution in [3.8, 4) is 11.5 Å². The van der Waals surface area contributed by atoms with E-state index in [4.69, 9.17) is 84.4 Å². The number of methoxy groups -OCH3 is 2. The number of ether oxygens (including phenoxy) is 2. The maximum atomic E-state index is 12.8. The minimum atomic E-state index is -0.0377. The number of hydrogen-bond acceptors (Lipinski definition) is 20. The number of alkyl halides is 1. The molecule has 11 rings (SSSR count). The second-order valence-corrected chi connectivity index (χ2v) is 18.9. The third-order valence-corrected chi connectivity index (χ3v) is 13.5. The van der Waals surface area contributed by atoms with Crippen LogP contribution in [0.15, 0.2) is 114 Å². The Morgan fingerprint density at radius 2 is 1.18 bits per heavy atom. The fourth-order valence-electron chi connectivity index (χ4n) is 7.93. The molecule has 0 atom stereocenters. The first-order valence-corrected chi connectivity index (χ1v) is 26.7. The number of aromatic nitrogens is 10. The molecule has 2 amide bonds. The highest BCUT2D eigenvalue weighted by Crippen LogP contribution is 2.31. The average molecular weight is 1250 g/mol. The first kappa shape index (κ1) is 64.2. The highest BCUT2D eigenvalue weighted by molar-refractivity contribution is 6.34. The van der Waals surface area contributed by atoms with Crippen molar-refractivity contribution in [1.29, 1.82) is 0 Å². The van der Waals surface area contributed by atoms with Gasteiger partial charge in [-0.3, -0.25) is 36.3 Å². The van der Waals surface area contributed by atoms with Gasteiger partial charge in [-0.2, -0.15) is 15.3 Å². The number of anilines is 3. The number of halogens is 5. The lowest BCUT2D eigenvalue weighted by atomic mass is 10.2. The zero-order chi connectivity index (χ0) is 60.5. The van der Waals surface area contributed by atoms with E-state index in [-0.39, 0.29) is 40.4 Å². The van der Waals surface area contributed by atoms with Crippen LogP contribution in [0, 0.1) is 0 Å². The average Bonchev–Trinajstić information content (AvgIpc) is 4.49. The number of carbonyl (C=O) groups is 3. The van der Waals surface area contributed by atoms with Crippen molar-refractivity contribution >= 4 is 138 Å². The Kier molecular flexibility index (Phi) is 24.9. The number of hydrazine groups is 2. The monoisotopic (exact) mass is 1240 g/mol. The summed E-state index contributed by atoms with van der Waals surface area (Å²) in [6, 6.07) is 24.9. The van der Waals surface area contributed by atoms with Gasteiger partial charge in [-0.1, -0.05) is 46.4 Å². The summed E-state index contributed by atoms with van der Waals surface area (Å²) in [7, 11) is 3.19. The third kappa shape index (κ3) is 17.8. The molecule has 0 spiro atoms. The number of benzene rings is 2. The first-order valence-electron chi connectivity index (χ1n) is 24.7. The topological polar surface area (TPSA) is 397 Å². The molecule has 34 heteroatoms. The van der Waals surface area contributed by atoms with Gasteiger partial charge in [0, 0.05) is 102 Å². The Labute approximate surface area is 503 Å². The number of nitrogen functional groups attached to an aromatic ring is 1. The van der Waals surface area contributed by atoms with Crippen LogP contribution >= 0.6 is 58.0 Å². The number of nitrogens with one attached hydrogen (secondary N) is 3. The molecule has 0 saturated carbocycles. The Balaban J connectivity index is 0.000000179. The molecule has 9 aromatic rings. The number of amides is 2. The minimum absolute atomic E-state index is 0.00463. The number of H-pyrrole nitrogens is 2. The number of piperazine rings is 2. The van der Waals surface area contributed by atoms with Crippen LogP contribution in [-0.4, -0.2) is 150 Å². The van der Waals surface area contributed by atoms with E-state index in [9.17, 15) is 14.4 Å². The molecule has 2 fully saturated rings. The summed E-state index contributed by atoms with van der Waals surface area (Å²) in [5.41, 5.74) is 23.5. The largest absolute Gasteiger partial charge is 0.495 e. The summed E-state index contributed by atoms with van der Waals surface area (Å²) < 4.78 is 12.0. The van der Waals surface area contributed by atoms with Crippen LogP contribution in [0.2, 0.25) is 20.4 Å². The Morgan fingerprint density at radius 3 is 1.68 bits per heavy atom. The minimum Gasteiger partial charge on any atom is -0.495 e. The Hall–Kier alpha value is -8.99. The number of nitrogens with two attached hydrogens (primary N) is 3. The quantitative estimate of drug-likeness (QED) is 0.0103. The number of carbonyl (C=O) groups excluding carboxylic acids is 3. The van der Waals surface area contributed by atoms with Gasteiger partial charge in [0.1, 0.15) is 51.7 Å². The molecule has 0 aliphatic carbocycles. The first-order chi connectivity index (χ1) is 40.8. The van der Waals surface area contributed by atoms with Crippen molar-refractivity contribution in [2.24, 2.45) is 27.8 Å². The summed E-state index contributed by atoms with van der Waals surface area (Å²) in [4.78, 5) is 63.9. The lowest BCUT2D eigenvalue weighted by Crippen LogP contribution is -2.49. The highest BCUT2D eigenvalue weighted by Gasteiger charge is 2.24. The maximum Gasteiger partial charge on any atom is 0.244 e. The summed E-state index contributed by atoms with van der Waals surface area (Å²) in [5, 5.41) is 28.4. The lowest BCUT2D eigenvalue weighted by molar-refractivity contribution is -0.132. The van der Waals surface area contributed by atoms with Gasteiger partial charge in [0.25, 0.3) is 0 Å². The number of fused-ring (bicyclic) bond motifs is 3. The van der Waals surface area contributed by atoms with E-state index < -0.39 is 0 Å². The van der Waals surface area contributed by atoms with Gasteiger partial charge in [0.05, 0.1) is 48.4 Å². The molecule has 2 aromatic carbocycles. The predicted octanol–water partition coefficient (Wildman–Crippen LogP) is 8.78. The molecular weight excluding hydrogens is 1190 g/mol. The maximum absolute atomic E-state index is 12.8. The molecule has 84 heavy (non-hydrogen) atoms. The van der Waals surface area contributed by atoms with Gasteiger partial charge in [0.2, 0.25) is 11.8 Å². The number of aromatic amines is 2. The summed E-state index contributed by atoms with van der Waals surface area (Å²) in [6.07, 6.45) is 5.64. The van der Waals surface area contributed by atoms with Gasteiger partial charge in [-0.25, -0.2) is 30.5 Å². The van der Waals surface area contributed by atoms with Gasteiger partial charge in [-0.15, -0.1) is 11.6 Å². The van der Waals surface area contributed by atoms with Crippen molar-refractivity contribution in [3.63, 3.8) is 0 Å². The zero-order valence-corrected chi connectivity index (χ0v) is 48.5. The van der Waals surface area contributed by atoms with Gasteiger partial charge >= 0.3 is 0 Å². The molecule has 9 heterocycles. The molecule has 2 aliphatic heterocycles. The van der Waals surface area contributed by atoms with Gasteiger partial charge in [-0.05, 0) is 94.1 Å². The van der Waals surface area contributed by atoms with Crippen LogP contribution in [0.25, 0.3) is 54.0 Å². The van der Waals surface area contributed by atoms with E-state index >= 15 is 0 Å². The zero-order valence-electron chi connectivity index (χ0n) is 44.7. The van der Waals surface area contributed by atoms with E-state index in [0.29, 0.717) is 95.6 Å². The van der Waals surface area contributed by atoms with Crippen LogP contribution in [0.5, 0.6) is 11.5 Å². The number of hydrogen-bond donors (Lipinski definition) is 6. The normalized spacial score (nSPS) is 12.4. The molecule has 438 valence electrons. The van der Waals surface area contributed by atoms with E-state index in [1.54, 1.807) is 68.0 Å². The number of pyridine rings is 4. The highest BCUT2D eigenvalue weighted by atomic mass is 35.5. The smallest absolute Gasteiger partial charge is 0.244 e. The van der Waals surface area contributed by atoms with E-state index in [1.165, 1.54) is 16.8 Å². The molecule has 0 bridgehead atoms. The summed E-state index contributed by atoms with van der Waals surface area (Å²) in [6.45, 7) is 5.63. The second kappa shape index (κ2) is 32.6. The number of nitrogens with zero attached hydrogens (tertiary/aromatic N) is 18.